The summed E-state index contributed by atoms with van der Waals surface area (Å²) < 4.78 is 0. The summed E-state index contributed by atoms with van der Waals surface area (Å²) in [4.78, 5) is 2.13. The third-order valence-electron chi connectivity index (χ3n) is 3.16. The number of anilines is 1. The van der Waals surface area contributed by atoms with Crippen molar-refractivity contribution in [1.29, 1.82) is 0 Å². The molecule has 0 aromatic heterocycles. The Morgan fingerprint density at radius 2 is 1.44 bits per heavy atom. The van der Waals surface area contributed by atoms with E-state index in [0.717, 1.165) is 0 Å². The van der Waals surface area contributed by atoms with Crippen LogP contribution in [0.3, 0.4) is 0 Å². The second-order valence-electron chi connectivity index (χ2n) is 4.79. The fourth-order valence-electron chi connectivity index (χ4n) is 2.11. The average Bonchev–Trinajstić information content (AvgIpc) is 2.39. The Hall–Kier alpha value is -1.27. The van der Waals surface area contributed by atoms with E-state index in [-0.39, 0.29) is 0 Å². The Kier molecular flexibility index (Phi) is 3.78. The van der Waals surface area contributed by atoms with Gasteiger partial charge in [0.1, 0.15) is 0 Å². The highest BCUT2D eigenvalue weighted by Gasteiger charge is 2.22. The van der Waals surface area contributed by atoms with Gasteiger partial charge in [-0.2, -0.15) is 7.14 Å². The van der Waals surface area contributed by atoms with Crippen molar-refractivity contribution in [3.63, 3.8) is 0 Å². The van der Waals surface area contributed by atoms with Crippen molar-refractivity contribution in [2.75, 3.05) is 25.7 Å². The van der Waals surface area contributed by atoms with Gasteiger partial charge in [0.25, 0.3) is 0 Å². The molecule has 0 saturated carbocycles. The molecule has 0 amide bonds. The molecule has 1 unspecified atom stereocenters. The van der Waals surface area contributed by atoms with Crippen molar-refractivity contribution >= 4 is 31.0 Å². The van der Waals surface area contributed by atoms with Crippen LogP contribution in [0.2, 0.25) is 0 Å². The third kappa shape index (κ3) is 2.44. The van der Waals surface area contributed by atoms with Crippen LogP contribution in [0.4, 0.5) is 5.69 Å². The topological polar surface area (TPSA) is 3.24 Å². The summed E-state index contributed by atoms with van der Waals surface area (Å²) in [5, 5.41) is 2.49. The Labute approximate surface area is 112 Å². The van der Waals surface area contributed by atoms with Crippen molar-refractivity contribution in [3.05, 3.63) is 54.6 Å². The standard InChI is InChI=1S/C15H18BNP/c1-17(2)14-11-7-8-12-15(14)18(3,16)13-9-5-4-6-10-13/h4-12H,1-3H3. The molecule has 18 heavy (non-hydrogen) atoms. The van der Waals surface area contributed by atoms with Gasteiger partial charge >= 0.3 is 0 Å². The van der Waals surface area contributed by atoms with Gasteiger partial charge in [0.05, 0.1) is 11.0 Å². The lowest BCUT2D eigenvalue weighted by molar-refractivity contribution is 1.14. The Morgan fingerprint density at radius 3 is 2.06 bits per heavy atom. The van der Waals surface area contributed by atoms with Crippen LogP contribution in [0.1, 0.15) is 0 Å². The van der Waals surface area contributed by atoms with Crippen LogP contribution in [0.5, 0.6) is 0 Å². The minimum atomic E-state index is -1.78. The smallest absolute Gasteiger partial charge is 0.0747 e. The van der Waals surface area contributed by atoms with Gasteiger partial charge in [-0.05, 0) is 24.3 Å². The monoisotopic (exact) mass is 254 g/mol. The van der Waals surface area contributed by atoms with Crippen LogP contribution in [0.25, 0.3) is 0 Å². The summed E-state index contributed by atoms with van der Waals surface area (Å²) in [6.07, 6.45) is 0. The molecule has 0 heterocycles. The summed E-state index contributed by atoms with van der Waals surface area (Å²) in [7, 11) is 9.02. The Bertz CT molecular complexity index is 523. The van der Waals surface area contributed by atoms with E-state index >= 15 is 0 Å². The van der Waals surface area contributed by atoms with Gasteiger partial charge in [0.15, 0.2) is 0 Å². The van der Waals surface area contributed by atoms with Crippen molar-refractivity contribution in [1.82, 2.24) is 0 Å². The first-order valence-electron chi connectivity index (χ1n) is 6.01. The van der Waals surface area contributed by atoms with Crippen LogP contribution in [0, 0.1) is 0 Å². The zero-order valence-electron chi connectivity index (χ0n) is 11.2. The van der Waals surface area contributed by atoms with E-state index in [1.807, 2.05) is 6.07 Å². The molecule has 3 heteroatoms. The van der Waals surface area contributed by atoms with Crippen molar-refractivity contribution < 1.29 is 0 Å². The van der Waals surface area contributed by atoms with Gasteiger partial charge in [-0.3, -0.25) is 7.57 Å². The molecule has 0 N–H and O–H groups in total. The third-order valence-corrected chi connectivity index (χ3v) is 5.91. The van der Waals surface area contributed by atoms with Gasteiger partial charge in [-0.15, -0.1) is 0 Å². The number of hydrogen-bond acceptors (Lipinski definition) is 1. The van der Waals surface area contributed by atoms with Crippen LogP contribution < -0.4 is 15.5 Å². The molecule has 0 saturated heterocycles. The van der Waals surface area contributed by atoms with Crippen molar-refractivity contribution in [2.45, 2.75) is 0 Å². The summed E-state index contributed by atoms with van der Waals surface area (Å²) in [5.74, 6) is 0. The fraction of sp³-hybridized carbons (Fsp3) is 0.200. The zero-order chi connectivity index (χ0) is 13.2. The molecule has 2 rings (SSSR count). The van der Waals surface area contributed by atoms with E-state index in [2.05, 4.69) is 74.2 Å². The number of benzene rings is 2. The second-order valence-corrected chi connectivity index (χ2v) is 7.94. The van der Waals surface area contributed by atoms with Gasteiger partial charge in [0, 0.05) is 26.1 Å². The maximum absolute atomic E-state index is 6.68. The Morgan fingerprint density at radius 1 is 0.889 bits per heavy atom. The molecule has 1 nitrogen and oxygen atoms in total. The first kappa shape index (κ1) is 13.2. The maximum Gasteiger partial charge on any atom is 0.0747 e. The molecule has 0 aliphatic carbocycles. The maximum atomic E-state index is 6.68. The summed E-state index contributed by atoms with van der Waals surface area (Å²) in [6, 6.07) is 18.8. The molecule has 0 spiro atoms. The summed E-state index contributed by atoms with van der Waals surface area (Å²) in [6.45, 7) is 2.17. The highest BCUT2D eigenvalue weighted by molar-refractivity contribution is 8.08. The molecule has 0 aliphatic heterocycles. The van der Waals surface area contributed by atoms with Crippen molar-refractivity contribution in [3.8, 4) is 0 Å². The predicted octanol–water partition coefficient (Wildman–Crippen LogP) is 2.43. The van der Waals surface area contributed by atoms with Crippen LogP contribution in [-0.4, -0.2) is 28.3 Å². The predicted molar refractivity (Wildman–Crippen MR) is 85.1 cm³/mol. The molecular weight excluding hydrogens is 236 g/mol. The minimum Gasteiger partial charge on any atom is -0.375 e. The highest BCUT2D eigenvalue weighted by atomic mass is 31.2. The van der Waals surface area contributed by atoms with Crippen LogP contribution in [0.15, 0.2) is 54.6 Å². The normalized spacial score (nSPS) is 14.0. The first-order valence-corrected chi connectivity index (χ1v) is 8.31. The lowest BCUT2D eigenvalue weighted by atomic mass is 10.3. The molecule has 0 fully saturated rings. The number of para-hydroxylation sites is 1. The van der Waals surface area contributed by atoms with E-state index in [9.17, 15) is 0 Å². The second kappa shape index (κ2) is 5.16. The largest absolute Gasteiger partial charge is 0.375 e. The molecule has 0 aliphatic rings. The number of hydrogen-bond donors (Lipinski definition) is 0. The molecule has 3 radical (unpaired) electrons. The molecule has 1 atom stereocenters. The van der Waals surface area contributed by atoms with Crippen LogP contribution >= 0.6 is 7.14 Å². The van der Waals surface area contributed by atoms with E-state index in [1.165, 1.54) is 16.3 Å². The van der Waals surface area contributed by atoms with Crippen molar-refractivity contribution in [2.24, 2.45) is 0 Å². The van der Waals surface area contributed by atoms with Crippen LogP contribution in [-0.2, 0) is 0 Å². The highest BCUT2D eigenvalue weighted by Crippen LogP contribution is 2.49. The SMILES string of the molecule is [B-][P+](C)(c1ccccc1)c1ccccc1N(C)C. The molecule has 91 valence electrons. The van der Waals surface area contributed by atoms with Gasteiger partial charge < -0.3 is 4.90 Å². The zero-order valence-corrected chi connectivity index (χ0v) is 12.1. The minimum absolute atomic E-state index is 1.21. The molecule has 2 aromatic carbocycles. The van der Waals surface area contributed by atoms with E-state index in [1.54, 1.807) is 0 Å². The number of rotatable bonds is 3. The van der Waals surface area contributed by atoms with Gasteiger partial charge in [-0.25, -0.2) is 0 Å². The van der Waals surface area contributed by atoms with E-state index in [4.69, 9.17) is 7.57 Å². The van der Waals surface area contributed by atoms with Gasteiger partial charge in [-0.1, -0.05) is 30.3 Å². The average molecular weight is 254 g/mol. The molecule has 0 bridgehead atoms. The Balaban J connectivity index is 2.54. The quantitative estimate of drug-likeness (QED) is 0.600. The summed E-state index contributed by atoms with van der Waals surface area (Å²) in [5.41, 5.74) is 1.21. The molecule has 2 aromatic rings. The lowest BCUT2D eigenvalue weighted by Gasteiger charge is -2.35. The molecular formula is C15H18BNP. The fourth-order valence-corrected chi connectivity index (χ4v) is 4.33. The lowest BCUT2D eigenvalue weighted by Crippen LogP contribution is -2.26. The van der Waals surface area contributed by atoms with E-state index < -0.39 is 7.14 Å². The number of nitrogens with zero attached hydrogens (tertiary/aromatic N) is 1. The van der Waals surface area contributed by atoms with E-state index in [0.29, 0.717) is 0 Å². The summed E-state index contributed by atoms with van der Waals surface area (Å²) >= 11 is 0. The van der Waals surface area contributed by atoms with Gasteiger partial charge in [0.2, 0.25) is 0 Å². The first-order chi connectivity index (χ1) is 8.53.